The highest BCUT2D eigenvalue weighted by Crippen LogP contribution is 2.18. The third-order valence-electron chi connectivity index (χ3n) is 3.04. The lowest BCUT2D eigenvalue weighted by Crippen LogP contribution is -2.28. The van der Waals surface area contributed by atoms with Crippen LogP contribution in [0.15, 0.2) is 54.6 Å². The molecule has 2 rings (SSSR count). The van der Waals surface area contributed by atoms with Crippen LogP contribution in [0.25, 0.3) is 0 Å². The smallest absolute Gasteiger partial charge is 0.258 e. The van der Waals surface area contributed by atoms with Crippen molar-refractivity contribution in [2.75, 3.05) is 6.61 Å². The standard InChI is InChI=1S/C17H19NO3/c1-13(19)15-8-5-9-16(10-15)21-12-17(20)18-11-14-6-3-2-4-7-14/h2-10,13,19H,11-12H2,1H3,(H,18,20)/t13-/m0/s1. The molecule has 0 fully saturated rings. The Bertz CT molecular complexity index is 582. The molecule has 0 bridgehead atoms. The van der Waals surface area contributed by atoms with Gasteiger partial charge in [-0.05, 0) is 30.2 Å². The maximum absolute atomic E-state index is 11.7. The monoisotopic (exact) mass is 285 g/mol. The summed E-state index contributed by atoms with van der Waals surface area (Å²) in [6, 6.07) is 16.8. The van der Waals surface area contributed by atoms with Crippen LogP contribution >= 0.6 is 0 Å². The van der Waals surface area contributed by atoms with Crippen molar-refractivity contribution >= 4 is 5.91 Å². The molecule has 0 spiro atoms. The van der Waals surface area contributed by atoms with Gasteiger partial charge in [0.05, 0.1) is 6.10 Å². The van der Waals surface area contributed by atoms with Crippen LogP contribution in [0.5, 0.6) is 5.75 Å². The molecule has 0 radical (unpaired) electrons. The molecule has 0 aliphatic rings. The summed E-state index contributed by atoms with van der Waals surface area (Å²) < 4.78 is 5.42. The molecule has 0 heterocycles. The zero-order valence-electron chi connectivity index (χ0n) is 12.0. The number of ether oxygens (including phenoxy) is 1. The quantitative estimate of drug-likeness (QED) is 0.857. The number of benzene rings is 2. The minimum absolute atomic E-state index is 0.0455. The molecule has 1 atom stereocenters. The Morgan fingerprint density at radius 1 is 1.19 bits per heavy atom. The van der Waals surface area contributed by atoms with E-state index in [0.29, 0.717) is 12.3 Å². The van der Waals surface area contributed by atoms with E-state index in [-0.39, 0.29) is 12.5 Å². The highest BCUT2D eigenvalue weighted by molar-refractivity contribution is 5.77. The highest BCUT2D eigenvalue weighted by Gasteiger charge is 2.05. The topological polar surface area (TPSA) is 58.6 Å². The average molecular weight is 285 g/mol. The first-order chi connectivity index (χ1) is 10.1. The Kier molecular flexibility index (Phi) is 5.35. The Hall–Kier alpha value is -2.33. The lowest BCUT2D eigenvalue weighted by Gasteiger charge is -2.10. The summed E-state index contributed by atoms with van der Waals surface area (Å²) >= 11 is 0. The Balaban J connectivity index is 1.80. The number of rotatable bonds is 6. The van der Waals surface area contributed by atoms with Crippen molar-refractivity contribution in [2.24, 2.45) is 0 Å². The summed E-state index contributed by atoms with van der Waals surface area (Å²) in [5, 5.41) is 12.3. The third kappa shape index (κ3) is 4.93. The van der Waals surface area contributed by atoms with Crippen LogP contribution in [0.1, 0.15) is 24.2 Å². The lowest BCUT2D eigenvalue weighted by atomic mass is 10.1. The predicted molar refractivity (Wildman–Crippen MR) is 80.9 cm³/mol. The van der Waals surface area contributed by atoms with Crippen LogP contribution in [0.4, 0.5) is 0 Å². The fraction of sp³-hybridized carbons (Fsp3) is 0.235. The van der Waals surface area contributed by atoms with Crippen LogP contribution in [0.2, 0.25) is 0 Å². The van der Waals surface area contributed by atoms with Crippen molar-refractivity contribution in [3.8, 4) is 5.75 Å². The van der Waals surface area contributed by atoms with Gasteiger partial charge < -0.3 is 15.2 Å². The van der Waals surface area contributed by atoms with Gasteiger partial charge in [-0.15, -0.1) is 0 Å². The van der Waals surface area contributed by atoms with Crippen molar-refractivity contribution in [3.05, 3.63) is 65.7 Å². The molecule has 21 heavy (non-hydrogen) atoms. The summed E-state index contributed by atoms with van der Waals surface area (Å²) in [4.78, 5) is 11.7. The van der Waals surface area contributed by atoms with Gasteiger partial charge in [0.2, 0.25) is 0 Å². The number of hydrogen-bond donors (Lipinski definition) is 2. The second kappa shape index (κ2) is 7.45. The summed E-state index contributed by atoms with van der Waals surface area (Å²) in [5.74, 6) is 0.393. The minimum atomic E-state index is -0.555. The molecule has 4 nitrogen and oxygen atoms in total. The lowest BCUT2D eigenvalue weighted by molar-refractivity contribution is -0.123. The van der Waals surface area contributed by atoms with E-state index >= 15 is 0 Å². The van der Waals surface area contributed by atoms with Gasteiger partial charge in [0, 0.05) is 6.54 Å². The molecule has 0 saturated heterocycles. The largest absolute Gasteiger partial charge is 0.484 e. The van der Waals surface area contributed by atoms with E-state index in [0.717, 1.165) is 11.1 Å². The van der Waals surface area contributed by atoms with Gasteiger partial charge in [-0.25, -0.2) is 0 Å². The normalized spacial score (nSPS) is 11.7. The highest BCUT2D eigenvalue weighted by atomic mass is 16.5. The maximum Gasteiger partial charge on any atom is 0.258 e. The van der Waals surface area contributed by atoms with Crippen LogP contribution in [-0.2, 0) is 11.3 Å². The molecule has 1 amide bonds. The molecule has 0 aliphatic heterocycles. The number of carbonyl (C=O) groups excluding carboxylic acids is 1. The van der Waals surface area contributed by atoms with Gasteiger partial charge in [-0.3, -0.25) is 4.79 Å². The fourth-order valence-corrected chi connectivity index (χ4v) is 1.86. The zero-order valence-corrected chi connectivity index (χ0v) is 12.0. The Morgan fingerprint density at radius 3 is 2.67 bits per heavy atom. The number of amides is 1. The second-order valence-corrected chi connectivity index (χ2v) is 4.80. The Morgan fingerprint density at radius 2 is 1.95 bits per heavy atom. The zero-order chi connectivity index (χ0) is 15.1. The molecule has 2 aromatic rings. The number of aliphatic hydroxyl groups is 1. The molecule has 0 aromatic heterocycles. The minimum Gasteiger partial charge on any atom is -0.484 e. The van der Waals surface area contributed by atoms with Crippen LogP contribution < -0.4 is 10.1 Å². The van der Waals surface area contributed by atoms with E-state index in [1.165, 1.54) is 0 Å². The van der Waals surface area contributed by atoms with Crippen LogP contribution in [0.3, 0.4) is 0 Å². The summed E-state index contributed by atoms with van der Waals surface area (Å²) in [7, 11) is 0. The van der Waals surface area contributed by atoms with Gasteiger partial charge in [0.25, 0.3) is 5.91 Å². The van der Waals surface area contributed by atoms with E-state index < -0.39 is 6.10 Å². The van der Waals surface area contributed by atoms with Gasteiger partial charge in [-0.1, -0.05) is 42.5 Å². The van der Waals surface area contributed by atoms with Gasteiger partial charge in [0.1, 0.15) is 5.75 Å². The van der Waals surface area contributed by atoms with E-state index in [4.69, 9.17) is 4.74 Å². The van der Waals surface area contributed by atoms with Crippen molar-refractivity contribution < 1.29 is 14.6 Å². The van der Waals surface area contributed by atoms with Crippen molar-refractivity contribution in [1.29, 1.82) is 0 Å². The first kappa shape index (κ1) is 15.1. The summed E-state index contributed by atoms with van der Waals surface area (Å²) in [6.45, 7) is 2.12. The van der Waals surface area contributed by atoms with Crippen LogP contribution in [-0.4, -0.2) is 17.6 Å². The van der Waals surface area contributed by atoms with Crippen LogP contribution in [0, 0.1) is 0 Å². The van der Waals surface area contributed by atoms with E-state index in [1.807, 2.05) is 36.4 Å². The number of hydrogen-bond acceptors (Lipinski definition) is 3. The SMILES string of the molecule is C[C@H](O)c1cccc(OCC(=O)NCc2ccccc2)c1. The Labute approximate surface area is 124 Å². The van der Waals surface area contributed by atoms with E-state index in [9.17, 15) is 9.90 Å². The third-order valence-corrected chi connectivity index (χ3v) is 3.04. The number of nitrogens with one attached hydrogen (secondary N) is 1. The van der Waals surface area contributed by atoms with Crippen molar-refractivity contribution in [2.45, 2.75) is 19.6 Å². The molecular weight excluding hydrogens is 266 g/mol. The second-order valence-electron chi connectivity index (χ2n) is 4.80. The fourth-order valence-electron chi connectivity index (χ4n) is 1.86. The maximum atomic E-state index is 11.7. The molecule has 0 unspecified atom stereocenters. The number of aliphatic hydroxyl groups excluding tert-OH is 1. The molecule has 110 valence electrons. The number of carbonyl (C=O) groups is 1. The van der Waals surface area contributed by atoms with Gasteiger partial charge in [-0.2, -0.15) is 0 Å². The average Bonchev–Trinajstić information content (AvgIpc) is 2.52. The molecule has 2 N–H and O–H groups in total. The van der Waals surface area contributed by atoms with Gasteiger partial charge >= 0.3 is 0 Å². The molecular formula is C17H19NO3. The summed E-state index contributed by atoms with van der Waals surface area (Å²) in [5.41, 5.74) is 1.80. The van der Waals surface area contributed by atoms with E-state index in [1.54, 1.807) is 25.1 Å². The molecule has 0 saturated carbocycles. The summed E-state index contributed by atoms with van der Waals surface area (Å²) in [6.07, 6.45) is -0.555. The van der Waals surface area contributed by atoms with Crippen molar-refractivity contribution in [1.82, 2.24) is 5.32 Å². The van der Waals surface area contributed by atoms with E-state index in [2.05, 4.69) is 5.32 Å². The van der Waals surface area contributed by atoms with Crippen molar-refractivity contribution in [3.63, 3.8) is 0 Å². The molecule has 2 aromatic carbocycles. The first-order valence-corrected chi connectivity index (χ1v) is 6.86. The first-order valence-electron chi connectivity index (χ1n) is 6.86. The predicted octanol–water partition coefficient (Wildman–Crippen LogP) is 2.44. The molecule has 0 aliphatic carbocycles. The van der Waals surface area contributed by atoms with Gasteiger partial charge in [0.15, 0.2) is 6.61 Å². The molecule has 4 heteroatoms.